The van der Waals surface area contributed by atoms with Gasteiger partial charge in [0.2, 0.25) is 5.91 Å². The van der Waals surface area contributed by atoms with Crippen LogP contribution < -0.4 is 10.2 Å². The first-order valence-electron chi connectivity index (χ1n) is 6.14. The van der Waals surface area contributed by atoms with E-state index in [9.17, 15) is 18.8 Å². The molecular formula is C13H13FN2O5. The molecule has 8 heteroatoms. The molecule has 21 heavy (non-hydrogen) atoms. The van der Waals surface area contributed by atoms with E-state index in [0.29, 0.717) is 0 Å². The number of anilines is 1. The van der Waals surface area contributed by atoms with Gasteiger partial charge in [0.25, 0.3) is 0 Å². The third-order valence-electron chi connectivity index (χ3n) is 2.95. The van der Waals surface area contributed by atoms with Crippen molar-refractivity contribution in [1.29, 1.82) is 0 Å². The number of ether oxygens (including phenoxy) is 1. The van der Waals surface area contributed by atoms with E-state index >= 15 is 0 Å². The zero-order valence-corrected chi connectivity index (χ0v) is 11.1. The maximum absolute atomic E-state index is 13.6. The van der Waals surface area contributed by atoms with E-state index in [-0.39, 0.29) is 24.7 Å². The van der Waals surface area contributed by atoms with Crippen molar-refractivity contribution in [2.45, 2.75) is 13.0 Å². The summed E-state index contributed by atoms with van der Waals surface area (Å²) in [5, 5.41) is 11.3. The molecule has 2 amide bonds. The van der Waals surface area contributed by atoms with Gasteiger partial charge < -0.3 is 15.2 Å². The van der Waals surface area contributed by atoms with Crippen molar-refractivity contribution in [2.24, 2.45) is 0 Å². The van der Waals surface area contributed by atoms with Gasteiger partial charge in [0.05, 0.1) is 24.3 Å². The number of carbonyl (C=O) groups is 3. The van der Waals surface area contributed by atoms with Crippen LogP contribution in [0.2, 0.25) is 0 Å². The molecule has 112 valence electrons. The number of aromatic carboxylic acids is 1. The highest BCUT2D eigenvalue weighted by atomic mass is 19.1. The van der Waals surface area contributed by atoms with Crippen molar-refractivity contribution in [3.63, 3.8) is 0 Å². The van der Waals surface area contributed by atoms with Gasteiger partial charge in [-0.15, -0.1) is 0 Å². The number of halogens is 1. The Hall–Kier alpha value is -2.64. The molecule has 0 unspecified atom stereocenters. The molecule has 1 aliphatic heterocycles. The standard InChI is InChI=1S/C13H13FN2O5/c1-7(17)15-5-9-6-16(13(20)21-9)8-2-3-10(12(18)19)11(14)4-8/h2-4,9H,5-6H2,1H3,(H,15,17)(H,18,19)/t9-/m1/s1. The minimum atomic E-state index is -1.38. The lowest BCUT2D eigenvalue weighted by atomic mass is 10.2. The van der Waals surface area contributed by atoms with E-state index in [1.165, 1.54) is 17.9 Å². The van der Waals surface area contributed by atoms with Crippen LogP contribution in [0.15, 0.2) is 18.2 Å². The van der Waals surface area contributed by atoms with E-state index in [1.807, 2.05) is 0 Å². The van der Waals surface area contributed by atoms with Gasteiger partial charge in [-0.3, -0.25) is 9.69 Å². The summed E-state index contributed by atoms with van der Waals surface area (Å²) in [6.45, 7) is 1.65. The summed E-state index contributed by atoms with van der Waals surface area (Å²) in [6, 6.07) is 3.38. The van der Waals surface area contributed by atoms with Crippen molar-refractivity contribution in [3.8, 4) is 0 Å². The quantitative estimate of drug-likeness (QED) is 0.863. The Balaban J connectivity index is 2.12. The summed E-state index contributed by atoms with van der Waals surface area (Å²) in [5.41, 5.74) is -0.270. The molecule has 0 radical (unpaired) electrons. The second-order valence-electron chi connectivity index (χ2n) is 4.52. The number of carboxylic acid groups (broad SMARTS) is 1. The predicted molar refractivity (Wildman–Crippen MR) is 69.7 cm³/mol. The molecule has 1 heterocycles. The molecule has 2 rings (SSSR count). The summed E-state index contributed by atoms with van der Waals surface area (Å²) in [5.74, 6) is -2.56. The van der Waals surface area contributed by atoms with Gasteiger partial charge in [0, 0.05) is 6.92 Å². The number of hydrogen-bond donors (Lipinski definition) is 2. The van der Waals surface area contributed by atoms with Crippen LogP contribution in [-0.4, -0.2) is 42.3 Å². The maximum Gasteiger partial charge on any atom is 0.414 e. The van der Waals surface area contributed by atoms with Crippen molar-refractivity contribution in [2.75, 3.05) is 18.0 Å². The van der Waals surface area contributed by atoms with Gasteiger partial charge in [-0.05, 0) is 18.2 Å². The first-order valence-corrected chi connectivity index (χ1v) is 6.14. The average Bonchev–Trinajstić information content (AvgIpc) is 2.77. The number of carboxylic acids is 1. The summed E-state index contributed by atoms with van der Waals surface area (Å²) < 4.78 is 18.6. The number of amides is 2. The first kappa shape index (κ1) is 14.8. The number of cyclic esters (lactones) is 1. The molecule has 0 bridgehead atoms. The largest absolute Gasteiger partial charge is 0.478 e. The summed E-state index contributed by atoms with van der Waals surface area (Å²) >= 11 is 0. The molecule has 1 aromatic rings. The van der Waals surface area contributed by atoms with Crippen molar-refractivity contribution in [1.82, 2.24) is 5.32 Å². The molecule has 1 fully saturated rings. The first-order chi connectivity index (χ1) is 9.88. The van der Waals surface area contributed by atoms with Crippen molar-refractivity contribution < 1.29 is 28.6 Å². The Morgan fingerprint density at radius 1 is 1.52 bits per heavy atom. The smallest absolute Gasteiger partial charge is 0.414 e. The molecule has 0 spiro atoms. The zero-order valence-electron chi connectivity index (χ0n) is 11.1. The van der Waals surface area contributed by atoms with Crippen LogP contribution in [0.1, 0.15) is 17.3 Å². The van der Waals surface area contributed by atoms with E-state index in [2.05, 4.69) is 5.32 Å². The van der Waals surface area contributed by atoms with Gasteiger partial charge in [-0.2, -0.15) is 0 Å². The molecule has 2 N–H and O–H groups in total. The third kappa shape index (κ3) is 3.28. The van der Waals surface area contributed by atoms with Gasteiger partial charge in [-0.25, -0.2) is 14.0 Å². The fraction of sp³-hybridized carbons (Fsp3) is 0.308. The topological polar surface area (TPSA) is 95.9 Å². The predicted octanol–water partition coefficient (Wildman–Crippen LogP) is 0.985. The van der Waals surface area contributed by atoms with Gasteiger partial charge in [0.15, 0.2) is 0 Å². The molecular weight excluding hydrogens is 283 g/mol. The minimum Gasteiger partial charge on any atom is -0.478 e. The number of benzene rings is 1. The van der Waals surface area contributed by atoms with Crippen LogP contribution >= 0.6 is 0 Å². The van der Waals surface area contributed by atoms with Crippen LogP contribution in [0, 0.1) is 5.82 Å². The number of carbonyl (C=O) groups excluding carboxylic acids is 2. The molecule has 1 aromatic carbocycles. The summed E-state index contributed by atoms with van der Waals surface area (Å²) in [6.07, 6.45) is -1.21. The zero-order chi connectivity index (χ0) is 15.6. The second-order valence-corrected chi connectivity index (χ2v) is 4.52. The molecule has 0 aliphatic carbocycles. The van der Waals surface area contributed by atoms with E-state index in [4.69, 9.17) is 9.84 Å². The van der Waals surface area contributed by atoms with Crippen LogP contribution in [0.4, 0.5) is 14.9 Å². The van der Waals surface area contributed by atoms with E-state index in [1.54, 1.807) is 0 Å². The molecule has 1 atom stereocenters. The molecule has 1 aliphatic rings. The highest BCUT2D eigenvalue weighted by Gasteiger charge is 2.32. The lowest BCUT2D eigenvalue weighted by Crippen LogP contribution is -2.33. The Bertz CT molecular complexity index is 604. The van der Waals surface area contributed by atoms with Gasteiger partial charge >= 0.3 is 12.1 Å². The molecule has 7 nitrogen and oxygen atoms in total. The summed E-state index contributed by atoms with van der Waals surface area (Å²) in [7, 11) is 0. The van der Waals surface area contributed by atoms with Crippen LogP contribution in [-0.2, 0) is 9.53 Å². The van der Waals surface area contributed by atoms with Crippen LogP contribution in [0.25, 0.3) is 0 Å². The van der Waals surface area contributed by atoms with Gasteiger partial charge in [-0.1, -0.05) is 0 Å². The molecule has 1 saturated heterocycles. The van der Waals surface area contributed by atoms with Crippen LogP contribution in [0.5, 0.6) is 0 Å². The average molecular weight is 296 g/mol. The Kier molecular flexibility index (Phi) is 4.06. The van der Waals surface area contributed by atoms with E-state index < -0.39 is 29.5 Å². The Morgan fingerprint density at radius 2 is 2.24 bits per heavy atom. The molecule has 0 saturated carbocycles. The highest BCUT2D eigenvalue weighted by Crippen LogP contribution is 2.23. The summed E-state index contributed by atoms with van der Waals surface area (Å²) in [4.78, 5) is 34.4. The number of rotatable bonds is 4. The lowest BCUT2D eigenvalue weighted by Gasteiger charge is -2.13. The normalized spacial score (nSPS) is 17.5. The van der Waals surface area contributed by atoms with Crippen molar-refractivity contribution in [3.05, 3.63) is 29.6 Å². The maximum atomic E-state index is 13.6. The number of nitrogens with zero attached hydrogens (tertiary/aromatic N) is 1. The van der Waals surface area contributed by atoms with Crippen molar-refractivity contribution >= 4 is 23.7 Å². The number of nitrogens with one attached hydrogen (secondary N) is 1. The fourth-order valence-electron chi connectivity index (χ4n) is 1.94. The monoisotopic (exact) mass is 296 g/mol. The lowest BCUT2D eigenvalue weighted by molar-refractivity contribution is -0.119. The molecule has 0 aromatic heterocycles. The van der Waals surface area contributed by atoms with E-state index in [0.717, 1.165) is 12.1 Å². The minimum absolute atomic E-state index is 0.144. The Morgan fingerprint density at radius 3 is 2.81 bits per heavy atom. The number of hydrogen-bond acceptors (Lipinski definition) is 4. The van der Waals surface area contributed by atoms with Crippen LogP contribution in [0.3, 0.4) is 0 Å². The van der Waals surface area contributed by atoms with Gasteiger partial charge in [0.1, 0.15) is 11.9 Å². The second kappa shape index (κ2) is 5.78. The third-order valence-corrected chi connectivity index (χ3v) is 2.95. The SMILES string of the molecule is CC(=O)NC[C@@H]1CN(c2ccc(C(=O)O)c(F)c2)C(=O)O1. The Labute approximate surface area is 119 Å². The highest BCUT2D eigenvalue weighted by molar-refractivity contribution is 5.92. The fourth-order valence-corrected chi connectivity index (χ4v) is 1.94.